The van der Waals surface area contributed by atoms with Crippen LogP contribution in [0.25, 0.3) is 0 Å². The predicted octanol–water partition coefficient (Wildman–Crippen LogP) is 3.41. The number of fused-ring (bicyclic) bond motifs is 1. The molecule has 2 aromatic heterocycles. The molecule has 2 N–H and O–H groups in total. The molecule has 0 bridgehead atoms. The van der Waals surface area contributed by atoms with Crippen molar-refractivity contribution in [2.75, 3.05) is 67.9 Å². The maximum absolute atomic E-state index is 12.1. The molecule has 198 valence electrons. The van der Waals surface area contributed by atoms with E-state index < -0.39 is 9.73 Å². The molecule has 0 spiro atoms. The minimum atomic E-state index is -2.36. The third kappa shape index (κ3) is 6.19. The molecule has 3 aromatic rings. The predicted molar refractivity (Wildman–Crippen MR) is 149 cm³/mol. The van der Waals surface area contributed by atoms with E-state index in [0.29, 0.717) is 23.4 Å². The molecule has 38 heavy (non-hydrogen) atoms. The van der Waals surface area contributed by atoms with E-state index in [1.165, 1.54) is 23.0 Å². The summed E-state index contributed by atoms with van der Waals surface area (Å²) >= 11 is 0. The highest BCUT2D eigenvalue weighted by atomic mass is 32.2. The van der Waals surface area contributed by atoms with Crippen LogP contribution in [0.15, 0.2) is 40.9 Å². The van der Waals surface area contributed by atoms with Crippen LogP contribution in [0.1, 0.15) is 16.7 Å². The zero-order chi connectivity index (χ0) is 26.7. The summed E-state index contributed by atoms with van der Waals surface area (Å²) in [4.78, 5) is 18.1. The lowest BCUT2D eigenvalue weighted by Crippen LogP contribution is -2.38. The van der Waals surface area contributed by atoms with Crippen molar-refractivity contribution in [3.05, 3.63) is 53.2 Å². The lowest BCUT2D eigenvalue weighted by molar-refractivity contribution is 0.122. The first kappa shape index (κ1) is 25.8. The number of nitrogens with zero attached hydrogens (tertiary/aromatic N) is 7. The summed E-state index contributed by atoms with van der Waals surface area (Å²) in [5.74, 6) is 1.44. The minimum Gasteiger partial charge on any atom is -0.378 e. The Morgan fingerprint density at radius 2 is 1.95 bits per heavy atom. The van der Waals surface area contributed by atoms with Crippen molar-refractivity contribution in [2.24, 2.45) is 4.36 Å². The molecule has 1 saturated heterocycles. The van der Waals surface area contributed by atoms with E-state index >= 15 is 0 Å². The Kier molecular flexibility index (Phi) is 7.42. The Morgan fingerprint density at radius 3 is 2.71 bits per heavy atom. The molecular formula is C26H31N9O2S. The van der Waals surface area contributed by atoms with Crippen LogP contribution in [0, 0.1) is 11.3 Å². The van der Waals surface area contributed by atoms with Crippen molar-refractivity contribution in [3.8, 4) is 6.07 Å². The van der Waals surface area contributed by atoms with Gasteiger partial charge in [0.05, 0.1) is 19.4 Å². The topological polar surface area (TPSA) is 132 Å². The number of likely N-dealkylation sites (N-methyl/N-ethyl adjacent to an activating group) is 1. The van der Waals surface area contributed by atoms with Crippen molar-refractivity contribution < 1.29 is 8.95 Å². The number of ether oxygens (including phenoxy) is 1. The average Bonchev–Trinajstić information content (AvgIpc) is 2.88. The maximum Gasteiger partial charge on any atom is 0.229 e. The van der Waals surface area contributed by atoms with Gasteiger partial charge in [-0.05, 0) is 48.9 Å². The number of nitrogens with one attached hydrogen (secondary N) is 2. The zero-order valence-electron chi connectivity index (χ0n) is 21.8. The zero-order valence-corrected chi connectivity index (χ0v) is 22.6. The maximum atomic E-state index is 12.1. The van der Waals surface area contributed by atoms with Gasteiger partial charge in [0, 0.05) is 59.8 Å². The van der Waals surface area contributed by atoms with E-state index in [9.17, 15) is 9.47 Å². The summed E-state index contributed by atoms with van der Waals surface area (Å²) < 4.78 is 21.8. The summed E-state index contributed by atoms with van der Waals surface area (Å²) in [5, 5.41) is 16.1. The van der Waals surface area contributed by atoms with Crippen LogP contribution < -0.4 is 15.5 Å². The van der Waals surface area contributed by atoms with Gasteiger partial charge < -0.3 is 25.2 Å². The molecule has 11 nitrogen and oxygen atoms in total. The van der Waals surface area contributed by atoms with Gasteiger partial charge in [-0.1, -0.05) is 6.07 Å². The molecule has 0 amide bonds. The van der Waals surface area contributed by atoms with E-state index in [4.69, 9.17) is 4.74 Å². The summed E-state index contributed by atoms with van der Waals surface area (Å²) in [6, 6.07) is 11.6. The number of benzene rings is 1. The SMILES string of the molecule is CN1CCc2c(cc(Nc3ncc(C#N)c(Nc4cccc(N=S(C)(C)=O)n4)n3)cc2N2CCOCC2)C1. The summed E-state index contributed by atoms with van der Waals surface area (Å²) in [6.45, 7) is 5.05. The van der Waals surface area contributed by atoms with Gasteiger partial charge in [-0.15, -0.1) is 0 Å². The second-order valence-corrected chi connectivity index (χ2v) is 12.2. The van der Waals surface area contributed by atoms with Gasteiger partial charge in [-0.3, -0.25) is 0 Å². The Bertz CT molecular complexity index is 1500. The number of hydrogen-bond donors (Lipinski definition) is 2. The molecule has 0 unspecified atom stereocenters. The van der Waals surface area contributed by atoms with Gasteiger partial charge in [0.2, 0.25) is 5.95 Å². The van der Waals surface area contributed by atoms with Crippen molar-refractivity contribution >= 4 is 44.5 Å². The second-order valence-electron chi connectivity index (χ2n) is 9.69. The quantitative estimate of drug-likeness (QED) is 0.486. The smallest absolute Gasteiger partial charge is 0.229 e. The summed E-state index contributed by atoms with van der Waals surface area (Å²) in [6.07, 6.45) is 5.58. The van der Waals surface area contributed by atoms with Crippen LogP contribution in [0.3, 0.4) is 0 Å². The van der Waals surface area contributed by atoms with E-state index in [-0.39, 0.29) is 5.56 Å². The molecule has 0 aliphatic carbocycles. The van der Waals surface area contributed by atoms with Gasteiger partial charge in [0.1, 0.15) is 17.5 Å². The number of morpholine rings is 1. The summed E-state index contributed by atoms with van der Waals surface area (Å²) in [7, 11) is -0.226. The van der Waals surface area contributed by atoms with Crippen LogP contribution in [0.4, 0.5) is 34.8 Å². The van der Waals surface area contributed by atoms with Crippen LogP contribution in [-0.2, 0) is 27.4 Å². The van der Waals surface area contributed by atoms with E-state index in [1.54, 1.807) is 30.7 Å². The Balaban J connectivity index is 1.45. The molecule has 0 radical (unpaired) electrons. The molecule has 2 aliphatic heterocycles. The Morgan fingerprint density at radius 1 is 1.13 bits per heavy atom. The fraction of sp³-hybridized carbons (Fsp3) is 0.385. The second kappa shape index (κ2) is 10.9. The van der Waals surface area contributed by atoms with Crippen molar-refractivity contribution in [1.82, 2.24) is 19.9 Å². The first-order valence-electron chi connectivity index (χ1n) is 12.4. The van der Waals surface area contributed by atoms with Crippen molar-refractivity contribution in [3.63, 3.8) is 0 Å². The van der Waals surface area contributed by atoms with Gasteiger partial charge in [0.25, 0.3) is 0 Å². The molecule has 2 aliphatic rings. The lowest BCUT2D eigenvalue weighted by Gasteiger charge is -2.35. The third-order valence-electron chi connectivity index (χ3n) is 6.31. The fourth-order valence-corrected chi connectivity index (χ4v) is 5.17. The molecular weight excluding hydrogens is 502 g/mol. The van der Waals surface area contributed by atoms with Crippen LogP contribution in [0.2, 0.25) is 0 Å². The molecule has 5 rings (SSSR count). The van der Waals surface area contributed by atoms with Crippen molar-refractivity contribution in [1.29, 1.82) is 5.26 Å². The first-order chi connectivity index (χ1) is 18.3. The van der Waals surface area contributed by atoms with Crippen LogP contribution in [0.5, 0.6) is 0 Å². The number of anilines is 5. The highest BCUT2D eigenvalue weighted by Gasteiger charge is 2.22. The van der Waals surface area contributed by atoms with Gasteiger partial charge >= 0.3 is 0 Å². The van der Waals surface area contributed by atoms with E-state index in [2.05, 4.69) is 65.0 Å². The highest BCUT2D eigenvalue weighted by molar-refractivity contribution is 7.92. The molecule has 0 saturated carbocycles. The number of hydrogen-bond acceptors (Lipinski definition) is 11. The largest absolute Gasteiger partial charge is 0.378 e. The Hall–Kier alpha value is -3.79. The number of aromatic nitrogens is 3. The van der Waals surface area contributed by atoms with Crippen LogP contribution in [-0.4, -0.2) is 76.5 Å². The van der Waals surface area contributed by atoms with Gasteiger partial charge in [-0.25, -0.2) is 14.2 Å². The average molecular weight is 534 g/mol. The molecule has 0 atom stereocenters. The van der Waals surface area contributed by atoms with E-state index in [1.807, 2.05) is 0 Å². The lowest BCUT2D eigenvalue weighted by atomic mass is 9.96. The minimum absolute atomic E-state index is 0.274. The summed E-state index contributed by atoms with van der Waals surface area (Å²) in [5.41, 5.74) is 5.05. The van der Waals surface area contributed by atoms with Gasteiger partial charge in [0.15, 0.2) is 11.6 Å². The number of nitriles is 1. The monoisotopic (exact) mass is 533 g/mol. The molecule has 1 fully saturated rings. The fourth-order valence-electron chi connectivity index (χ4n) is 4.61. The molecule has 12 heteroatoms. The van der Waals surface area contributed by atoms with Gasteiger partial charge in [-0.2, -0.15) is 14.6 Å². The van der Waals surface area contributed by atoms with Crippen molar-refractivity contribution in [2.45, 2.75) is 13.0 Å². The standard InChI is InChI=1S/C26H31N9O2S/c1-34-8-7-21-18(17-34)13-20(14-22(21)35-9-11-37-12-10-35)29-26-28-16-19(15-27)25(32-26)31-23-5-4-6-24(30-23)33-38(2,3)36/h4-6,13-14,16H,7-12,17H2,1-3H3,(H2,28,29,30,31,32). The van der Waals surface area contributed by atoms with E-state index in [0.717, 1.165) is 51.5 Å². The normalized spacial score (nSPS) is 15.9. The third-order valence-corrected chi connectivity index (χ3v) is 6.94. The highest BCUT2D eigenvalue weighted by Crippen LogP contribution is 2.34. The number of rotatable bonds is 6. The number of pyridine rings is 1. The molecule has 4 heterocycles. The first-order valence-corrected chi connectivity index (χ1v) is 14.7. The molecule has 1 aromatic carbocycles. The van der Waals surface area contributed by atoms with Crippen LogP contribution >= 0.6 is 0 Å². The Labute approximate surface area is 223 Å².